The average Bonchev–Trinajstić information content (AvgIpc) is 2.34. The maximum atomic E-state index is 11.1. The Morgan fingerprint density at radius 2 is 2.11 bits per heavy atom. The number of primary amides is 1. The summed E-state index contributed by atoms with van der Waals surface area (Å²) in [7, 11) is 0. The van der Waals surface area contributed by atoms with Crippen LogP contribution in [0.1, 0.15) is 10.4 Å². The van der Waals surface area contributed by atoms with Crippen molar-refractivity contribution in [3.8, 4) is 11.5 Å². The molecule has 5 nitrogen and oxygen atoms in total. The maximum absolute atomic E-state index is 11.1. The zero-order valence-electron chi connectivity index (χ0n) is 9.26. The Morgan fingerprint density at radius 3 is 2.78 bits per heavy atom. The molecule has 0 saturated heterocycles. The lowest BCUT2D eigenvalue weighted by atomic mass is 10.2. The van der Waals surface area contributed by atoms with E-state index < -0.39 is 5.91 Å². The van der Waals surface area contributed by atoms with Gasteiger partial charge in [0.2, 0.25) is 5.91 Å². The van der Waals surface area contributed by atoms with Gasteiger partial charge >= 0.3 is 0 Å². The lowest BCUT2D eigenvalue weighted by molar-refractivity contribution is 0.1000. The molecule has 1 heterocycles. The SMILES string of the molecule is NC(=O)c1cccc(Oc2c(N)cncc2Br)c1. The van der Waals surface area contributed by atoms with Gasteiger partial charge in [-0.2, -0.15) is 0 Å². The van der Waals surface area contributed by atoms with Gasteiger partial charge in [0, 0.05) is 11.8 Å². The molecule has 1 amide bonds. The van der Waals surface area contributed by atoms with Crippen LogP contribution in [0.5, 0.6) is 11.5 Å². The van der Waals surface area contributed by atoms with E-state index in [2.05, 4.69) is 20.9 Å². The van der Waals surface area contributed by atoms with Gasteiger partial charge in [-0.05, 0) is 34.1 Å². The summed E-state index contributed by atoms with van der Waals surface area (Å²) in [5, 5.41) is 0. The Hall–Kier alpha value is -2.08. The van der Waals surface area contributed by atoms with Crippen molar-refractivity contribution < 1.29 is 9.53 Å². The fourth-order valence-corrected chi connectivity index (χ4v) is 1.80. The van der Waals surface area contributed by atoms with Crippen molar-refractivity contribution in [2.45, 2.75) is 0 Å². The van der Waals surface area contributed by atoms with Gasteiger partial charge in [0.15, 0.2) is 5.75 Å². The maximum Gasteiger partial charge on any atom is 0.248 e. The first-order chi connectivity index (χ1) is 8.58. The highest BCUT2D eigenvalue weighted by molar-refractivity contribution is 9.10. The Kier molecular flexibility index (Phi) is 3.47. The van der Waals surface area contributed by atoms with Crippen molar-refractivity contribution in [2.75, 3.05) is 5.73 Å². The molecule has 1 aromatic carbocycles. The molecule has 0 aliphatic heterocycles. The number of nitrogens with two attached hydrogens (primary N) is 2. The first-order valence-electron chi connectivity index (χ1n) is 5.04. The van der Waals surface area contributed by atoms with Gasteiger partial charge in [-0.15, -0.1) is 0 Å². The zero-order chi connectivity index (χ0) is 13.1. The van der Waals surface area contributed by atoms with Crippen LogP contribution in [0, 0.1) is 0 Å². The van der Waals surface area contributed by atoms with E-state index in [-0.39, 0.29) is 0 Å². The number of aromatic nitrogens is 1. The van der Waals surface area contributed by atoms with E-state index in [1.165, 1.54) is 6.20 Å². The molecule has 0 atom stereocenters. The highest BCUT2D eigenvalue weighted by Crippen LogP contribution is 2.34. The Balaban J connectivity index is 2.34. The molecule has 18 heavy (non-hydrogen) atoms. The van der Waals surface area contributed by atoms with Gasteiger partial charge in [-0.1, -0.05) is 6.07 Å². The molecule has 4 N–H and O–H groups in total. The van der Waals surface area contributed by atoms with Crippen LogP contribution in [0.25, 0.3) is 0 Å². The number of pyridine rings is 1. The lowest BCUT2D eigenvalue weighted by Gasteiger charge is -2.10. The summed E-state index contributed by atoms with van der Waals surface area (Å²) in [6, 6.07) is 6.55. The Labute approximate surface area is 112 Å². The van der Waals surface area contributed by atoms with Crippen molar-refractivity contribution in [1.82, 2.24) is 4.98 Å². The number of carbonyl (C=O) groups excluding carboxylic acids is 1. The molecular formula is C12H10BrN3O2. The highest BCUT2D eigenvalue weighted by Gasteiger charge is 2.09. The fourth-order valence-electron chi connectivity index (χ4n) is 1.38. The van der Waals surface area contributed by atoms with Gasteiger partial charge in [0.1, 0.15) is 5.75 Å². The number of nitrogen functional groups attached to an aromatic ring is 1. The minimum Gasteiger partial charge on any atom is -0.454 e. The molecule has 2 rings (SSSR count). The number of benzene rings is 1. The number of anilines is 1. The van der Waals surface area contributed by atoms with Crippen molar-refractivity contribution in [3.63, 3.8) is 0 Å². The number of hydrogen-bond acceptors (Lipinski definition) is 4. The third kappa shape index (κ3) is 2.60. The molecule has 0 saturated carbocycles. The summed E-state index contributed by atoms with van der Waals surface area (Å²) in [6.45, 7) is 0. The molecule has 0 bridgehead atoms. The van der Waals surface area contributed by atoms with E-state index in [4.69, 9.17) is 16.2 Å². The number of ether oxygens (including phenoxy) is 1. The largest absolute Gasteiger partial charge is 0.454 e. The minimum absolute atomic E-state index is 0.372. The summed E-state index contributed by atoms with van der Waals surface area (Å²) in [5.74, 6) is 0.415. The van der Waals surface area contributed by atoms with Crippen molar-refractivity contribution in [3.05, 3.63) is 46.7 Å². The van der Waals surface area contributed by atoms with Crippen LogP contribution < -0.4 is 16.2 Å². The van der Waals surface area contributed by atoms with Crippen LogP contribution in [0.4, 0.5) is 5.69 Å². The molecule has 2 aromatic rings. The van der Waals surface area contributed by atoms with Crippen molar-refractivity contribution in [2.24, 2.45) is 5.73 Å². The second-order valence-corrected chi connectivity index (χ2v) is 4.39. The Morgan fingerprint density at radius 1 is 1.33 bits per heavy atom. The highest BCUT2D eigenvalue weighted by atomic mass is 79.9. The van der Waals surface area contributed by atoms with Crippen LogP contribution in [0.3, 0.4) is 0 Å². The number of halogens is 1. The van der Waals surface area contributed by atoms with Gasteiger partial charge in [-0.3, -0.25) is 9.78 Å². The molecule has 0 radical (unpaired) electrons. The average molecular weight is 308 g/mol. The third-order valence-electron chi connectivity index (χ3n) is 2.22. The number of amides is 1. The summed E-state index contributed by atoms with van der Waals surface area (Å²) in [5.41, 5.74) is 11.7. The molecule has 0 fully saturated rings. The van der Waals surface area contributed by atoms with Crippen LogP contribution in [0.15, 0.2) is 41.1 Å². The molecule has 0 unspecified atom stereocenters. The summed E-state index contributed by atoms with van der Waals surface area (Å²) >= 11 is 3.29. The monoisotopic (exact) mass is 307 g/mol. The van der Waals surface area contributed by atoms with Gasteiger partial charge in [0.25, 0.3) is 0 Å². The van der Waals surface area contributed by atoms with Crippen molar-refractivity contribution >= 4 is 27.5 Å². The zero-order valence-corrected chi connectivity index (χ0v) is 10.8. The lowest BCUT2D eigenvalue weighted by Crippen LogP contribution is -2.10. The van der Waals surface area contributed by atoms with E-state index in [9.17, 15) is 4.79 Å². The van der Waals surface area contributed by atoms with E-state index in [0.29, 0.717) is 27.2 Å². The summed E-state index contributed by atoms with van der Waals surface area (Å²) in [4.78, 5) is 15.0. The van der Waals surface area contributed by atoms with Gasteiger partial charge in [-0.25, -0.2) is 0 Å². The number of hydrogen-bond donors (Lipinski definition) is 2. The molecule has 1 aromatic heterocycles. The summed E-state index contributed by atoms with van der Waals surface area (Å²) in [6.07, 6.45) is 3.06. The number of nitrogens with zero attached hydrogens (tertiary/aromatic N) is 1. The molecule has 0 aliphatic rings. The van der Waals surface area contributed by atoms with E-state index in [1.54, 1.807) is 30.5 Å². The predicted octanol–water partition coefficient (Wildman–Crippen LogP) is 2.32. The second-order valence-electron chi connectivity index (χ2n) is 3.53. The number of rotatable bonds is 3. The van der Waals surface area contributed by atoms with E-state index >= 15 is 0 Å². The van der Waals surface area contributed by atoms with Crippen LogP contribution in [-0.4, -0.2) is 10.9 Å². The molecule has 92 valence electrons. The first kappa shape index (κ1) is 12.4. The number of carbonyl (C=O) groups is 1. The van der Waals surface area contributed by atoms with E-state index in [1.807, 2.05) is 0 Å². The van der Waals surface area contributed by atoms with Crippen LogP contribution >= 0.6 is 15.9 Å². The first-order valence-corrected chi connectivity index (χ1v) is 5.84. The molecular weight excluding hydrogens is 298 g/mol. The summed E-state index contributed by atoms with van der Waals surface area (Å²) < 4.78 is 6.24. The quantitative estimate of drug-likeness (QED) is 0.910. The van der Waals surface area contributed by atoms with E-state index in [0.717, 1.165) is 0 Å². The minimum atomic E-state index is -0.512. The normalized spacial score (nSPS) is 10.1. The topological polar surface area (TPSA) is 91.2 Å². The predicted molar refractivity (Wildman–Crippen MR) is 71.4 cm³/mol. The van der Waals surface area contributed by atoms with Crippen LogP contribution in [0.2, 0.25) is 0 Å². The van der Waals surface area contributed by atoms with Crippen molar-refractivity contribution in [1.29, 1.82) is 0 Å². The second kappa shape index (κ2) is 5.05. The Bertz CT molecular complexity index is 581. The fraction of sp³-hybridized carbons (Fsp3) is 0. The van der Waals surface area contributed by atoms with Crippen LogP contribution in [-0.2, 0) is 0 Å². The van der Waals surface area contributed by atoms with Gasteiger partial charge < -0.3 is 16.2 Å². The smallest absolute Gasteiger partial charge is 0.248 e. The molecule has 0 spiro atoms. The van der Waals surface area contributed by atoms with Gasteiger partial charge in [0.05, 0.1) is 16.4 Å². The molecule has 0 aliphatic carbocycles. The third-order valence-corrected chi connectivity index (χ3v) is 2.78. The molecule has 6 heteroatoms. The standard InChI is InChI=1S/C12H10BrN3O2/c13-9-5-16-6-10(14)11(9)18-8-3-1-2-7(4-8)12(15)17/h1-6H,14H2,(H2,15,17).